The fraction of sp³-hybridized carbons (Fsp3) is 0.889. The highest BCUT2D eigenvalue weighted by atomic mass is 32.1. The Bertz CT molecular complexity index is 143. The van der Waals surface area contributed by atoms with E-state index in [2.05, 4.69) is 32.6 Å². The lowest BCUT2D eigenvalue weighted by Gasteiger charge is -2.27. The average Bonchev–Trinajstić information content (AvgIpc) is 1.83. The summed E-state index contributed by atoms with van der Waals surface area (Å²) in [5.41, 5.74) is 5.50. The van der Waals surface area contributed by atoms with Gasteiger partial charge in [-0.05, 0) is 19.8 Å². The number of nitrogens with two attached hydrogens (primary N) is 1. The Kier molecular flexibility index (Phi) is 5.42. The van der Waals surface area contributed by atoms with Gasteiger partial charge in [-0.1, -0.05) is 26.1 Å². The number of hydrogen-bond donors (Lipinski definition) is 1. The third-order valence-corrected chi connectivity index (χ3v) is 1.82. The fourth-order valence-electron chi connectivity index (χ4n) is 1.13. The van der Waals surface area contributed by atoms with Crippen molar-refractivity contribution >= 4 is 17.2 Å². The third-order valence-electron chi connectivity index (χ3n) is 1.69. The second kappa shape index (κ2) is 5.49. The van der Waals surface area contributed by atoms with Crippen LogP contribution in [-0.4, -0.2) is 29.0 Å². The van der Waals surface area contributed by atoms with Gasteiger partial charge in [0.25, 0.3) is 0 Å². The van der Waals surface area contributed by atoms with Crippen molar-refractivity contribution in [2.24, 2.45) is 11.7 Å². The van der Waals surface area contributed by atoms with Gasteiger partial charge in [0, 0.05) is 19.1 Å². The molecule has 0 amide bonds. The number of nitrogens with zero attached hydrogens (tertiary/aromatic N) is 1. The normalized spacial score (nSPS) is 11.6. The summed E-state index contributed by atoms with van der Waals surface area (Å²) >= 11 is 4.88. The minimum atomic E-state index is 0.522. The van der Waals surface area contributed by atoms with Gasteiger partial charge in [-0.15, -0.1) is 0 Å². The third kappa shape index (κ3) is 5.49. The number of hydrogen-bond acceptors (Lipinski definition) is 2. The van der Waals surface area contributed by atoms with Gasteiger partial charge >= 0.3 is 0 Å². The predicted molar refractivity (Wildman–Crippen MR) is 58.3 cm³/mol. The molecule has 0 bridgehead atoms. The van der Waals surface area contributed by atoms with E-state index < -0.39 is 0 Å². The van der Waals surface area contributed by atoms with Crippen LogP contribution in [0, 0.1) is 5.92 Å². The molecule has 0 saturated heterocycles. The molecule has 0 aliphatic heterocycles. The molecule has 0 aromatic carbocycles. The summed E-state index contributed by atoms with van der Waals surface area (Å²) < 4.78 is 0. The van der Waals surface area contributed by atoms with E-state index >= 15 is 0 Å². The van der Waals surface area contributed by atoms with Gasteiger partial charge < -0.3 is 5.73 Å². The van der Waals surface area contributed by atoms with Crippen LogP contribution in [-0.2, 0) is 0 Å². The van der Waals surface area contributed by atoms with Crippen LogP contribution in [0.4, 0.5) is 0 Å². The van der Waals surface area contributed by atoms with Crippen LogP contribution < -0.4 is 5.73 Å². The number of rotatable bonds is 5. The minimum absolute atomic E-state index is 0.522. The van der Waals surface area contributed by atoms with Crippen molar-refractivity contribution in [1.29, 1.82) is 0 Å². The van der Waals surface area contributed by atoms with Gasteiger partial charge in [0.05, 0.1) is 4.99 Å². The standard InChI is InChI=1S/C9H20N2S/c1-7(2)5-11(8(3)4)6-9(10)12/h7-8H,5-6H2,1-4H3,(H2,10,12). The lowest BCUT2D eigenvalue weighted by atomic mass is 10.2. The Morgan fingerprint density at radius 1 is 1.33 bits per heavy atom. The minimum Gasteiger partial charge on any atom is -0.392 e. The maximum Gasteiger partial charge on any atom is 0.0870 e. The largest absolute Gasteiger partial charge is 0.392 e. The van der Waals surface area contributed by atoms with Gasteiger partial charge in [-0.2, -0.15) is 0 Å². The van der Waals surface area contributed by atoms with Crippen molar-refractivity contribution in [3.05, 3.63) is 0 Å². The van der Waals surface area contributed by atoms with Crippen LogP contribution in [0.25, 0.3) is 0 Å². The first-order chi connectivity index (χ1) is 5.43. The van der Waals surface area contributed by atoms with Crippen LogP contribution >= 0.6 is 12.2 Å². The van der Waals surface area contributed by atoms with Crippen LogP contribution in [0.3, 0.4) is 0 Å². The van der Waals surface area contributed by atoms with Gasteiger partial charge in [0.15, 0.2) is 0 Å². The smallest absolute Gasteiger partial charge is 0.0870 e. The fourth-order valence-corrected chi connectivity index (χ4v) is 1.29. The molecule has 72 valence electrons. The molecule has 0 aromatic rings. The molecule has 0 heterocycles. The average molecular weight is 188 g/mol. The molecule has 0 atom stereocenters. The molecule has 12 heavy (non-hydrogen) atoms. The topological polar surface area (TPSA) is 29.3 Å². The monoisotopic (exact) mass is 188 g/mol. The molecular formula is C9H20N2S. The molecule has 0 rings (SSSR count). The second-order valence-electron chi connectivity index (χ2n) is 3.88. The second-order valence-corrected chi connectivity index (χ2v) is 4.41. The van der Waals surface area contributed by atoms with E-state index in [4.69, 9.17) is 18.0 Å². The van der Waals surface area contributed by atoms with Gasteiger partial charge in [0.2, 0.25) is 0 Å². The van der Waals surface area contributed by atoms with Crippen molar-refractivity contribution in [3.8, 4) is 0 Å². The Morgan fingerprint density at radius 2 is 1.83 bits per heavy atom. The number of thiocarbonyl (C=S) groups is 1. The molecule has 0 aromatic heterocycles. The highest BCUT2D eigenvalue weighted by molar-refractivity contribution is 7.80. The lowest BCUT2D eigenvalue weighted by Crippen LogP contribution is -2.39. The first-order valence-corrected chi connectivity index (χ1v) is 4.86. The summed E-state index contributed by atoms with van der Waals surface area (Å²) in [5, 5.41) is 0. The van der Waals surface area contributed by atoms with E-state index in [1.807, 2.05) is 0 Å². The first kappa shape index (κ1) is 11.8. The van der Waals surface area contributed by atoms with Crippen LogP contribution in [0.2, 0.25) is 0 Å². The highest BCUT2D eigenvalue weighted by Crippen LogP contribution is 2.03. The summed E-state index contributed by atoms with van der Waals surface area (Å²) in [6, 6.07) is 0.522. The molecule has 0 radical (unpaired) electrons. The summed E-state index contributed by atoms with van der Waals surface area (Å²) in [5.74, 6) is 0.668. The molecule has 0 fully saturated rings. The summed E-state index contributed by atoms with van der Waals surface area (Å²) in [6.45, 7) is 10.5. The van der Waals surface area contributed by atoms with Crippen LogP contribution in [0.15, 0.2) is 0 Å². The lowest BCUT2D eigenvalue weighted by molar-refractivity contribution is 0.226. The van der Waals surface area contributed by atoms with Crippen LogP contribution in [0.1, 0.15) is 27.7 Å². The van der Waals surface area contributed by atoms with Gasteiger partial charge in [-0.25, -0.2) is 0 Å². The Hall–Kier alpha value is -0.150. The Labute approximate surface area is 81.1 Å². The van der Waals surface area contributed by atoms with Crippen molar-refractivity contribution in [3.63, 3.8) is 0 Å². The molecule has 0 aliphatic rings. The van der Waals surface area contributed by atoms with E-state index in [0.717, 1.165) is 13.1 Å². The van der Waals surface area contributed by atoms with Crippen molar-refractivity contribution in [2.75, 3.05) is 13.1 Å². The summed E-state index contributed by atoms with van der Waals surface area (Å²) in [6.07, 6.45) is 0. The van der Waals surface area contributed by atoms with Crippen molar-refractivity contribution < 1.29 is 0 Å². The molecular weight excluding hydrogens is 168 g/mol. The zero-order chi connectivity index (χ0) is 9.72. The molecule has 0 spiro atoms. The van der Waals surface area contributed by atoms with Crippen LogP contribution in [0.5, 0.6) is 0 Å². The van der Waals surface area contributed by atoms with E-state index in [1.54, 1.807) is 0 Å². The first-order valence-electron chi connectivity index (χ1n) is 4.45. The van der Waals surface area contributed by atoms with E-state index in [9.17, 15) is 0 Å². The SMILES string of the molecule is CC(C)CN(CC(N)=S)C(C)C. The quantitative estimate of drug-likeness (QED) is 0.665. The van der Waals surface area contributed by atoms with Crippen molar-refractivity contribution in [1.82, 2.24) is 4.90 Å². The summed E-state index contributed by atoms with van der Waals surface area (Å²) in [4.78, 5) is 2.89. The molecule has 3 heteroatoms. The Morgan fingerprint density at radius 3 is 2.08 bits per heavy atom. The van der Waals surface area contributed by atoms with Gasteiger partial charge in [-0.3, -0.25) is 4.90 Å². The van der Waals surface area contributed by atoms with E-state index in [0.29, 0.717) is 16.9 Å². The predicted octanol–water partition coefficient (Wildman–Crippen LogP) is 1.64. The van der Waals surface area contributed by atoms with E-state index in [-0.39, 0.29) is 0 Å². The van der Waals surface area contributed by atoms with E-state index in [1.165, 1.54) is 0 Å². The molecule has 2 N–H and O–H groups in total. The maximum atomic E-state index is 5.50. The zero-order valence-corrected chi connectivity index (χ0v) is 9.32. The molecule has 2 nitrogen and oxygen atoms in total. The Balaban J connectivity index is 3.95. The maximum absolute atomic E-state index is 5.50. The van der Waals surface area contributed by atoms with Gasteiger partial charge in [0.1, 0.15) is 0 Å². The highest BCUT2D eigenvalue weighted by Gasteiger charge is 2.11. The molecule has 0 unspecified atom stereocenters. The molecule has 0 saturated carbocycles. The summed E-state index contributed by atoms with van der Waals surface area (Å²) in [7, 11) is 0. The van der Waals surface area contributed by atoms with Crippen molar-refractivity contribution in [2.45, 2.75) is 33.7 Å². The zero-order valence-electron chi connectivity index (χ0n) is 8.50. The molecule has 0 aliphatic carbocycles.